The van der Waals surface area contributed by atoms with E-state index in [1.807, 2.05) is 18.2 Å². The van der Waals surface area contributed by atoms with Gasteiger partial charge >= 0.3 is 0 Å². The first kappa shape index (κ1) is 17.0. The summed E-state index contributed by atoms with van der Waals surface area (Å²) in [7, 11) is 0. The number of benzene rings is 1. The van der Waals surface area contributed by atoms with Crippen molar-refractivity contribution in [2.45, 2.75) is 38.3 Å². The first-order chi connectivity index (χ1) is 12.6. The second kappa shape index (κ2) is 7.07. The lowest BCUT2D eigenvalue weighted by Gasteiger charge is -2.29. The monoisotopic (exact) mass is 356 g/mol. The molecule has 3 amide bonds. The molecule has 1 aromatic carbocycles. The van der Waals surface area contributed by atoms with E-state index >= 15 is 0 Å². The number of imide groups is 1. The van der Waals surface area contributed by atoms with Gasteiger partial charge in [-0.25, -0.2) is 0 Å². The lowest BCUT2D eigenvalue weighted by Crippen LogP contribution is -2.52. The third-order valence-electron chi connectivity index (χ3n) is 5.52. The van der Waals surface area contributed by atoms with Gasteiger partial charge in [-0.1, -0.05) is 6.07 Å². The molecule has 2 N–H and O–H groups in total. The van der Waals surface area contributed by atoms with E-state index in [0.717, 1.165) is 37.4 Å². The third-order valence-corrected chi connectivity index (χ3v) is 5.52. The van der Waals surface area contributed by atoms with Gasteiger partial charge < -0.3 is 15.1 Å². The quantitative estimate of drug-likeness (QED) is 0.768. The predicted octanol–water partition coefficient (Wildman–Crippen LogP) is 0.955. The van der Waals surface area contributed by atoms with E-state index in [4.69, 9.17) is 0 Å². The minimum Gasteiger partial charge on any atom is -0.383 e. The Bertz CT molecular complexity index is 742. The van der Waals surface area contributed by atoms with Crippen molar-refractivity contribution in [2.75, 3.05) is 31.5 Å². The molecule has 1 unspecified atom stereocenters. The van der Waals surface area contributed by atoms with Crippen LogP contribution in [0.5, 0.6) is 0 Å². The molecule has 3 heterocycles. The number of nitrogens with one attached hydrogen (secondary N) is 2. The van der Waals surface area contributed by atoms with Crippen molar-refractivity contribution in [2.24, 2.45) is 0 Å². The highest BCUT2D eigenvalue weighted by molar-refractivity contribution is 6.06. The number of nitrogens with zero attached hydrogens (tertiary/aromatic N) is 2. The number of carbonyl (C=O) groups is 3. The molecule has 2 fully saturated rings. The maximum atomic E-state index is 12.8. The van der Waals surface area contributed by atoms with Gasteiger partial charge in [-0.3, -0.25) is 19.7 Å². The van der Waals surface area contributed by atoms with Crippen LogP contribution in [0.3, 0.4) is 0 Å². The number of carbonyl (C=O) groups excluding carboxylic acids is 3. The summed E-state index contributed by atoms with van der Waals surface area (Å²) < 4.78 is 0. The van der Waals surface area contributed by atoms with Crippen LogP contribution in [0.2, 0.25) is 0 Å². The Morgan fingerprint density at radius 2 is 1.96 bits per heavy atom. The number of amides is 3. The van der Waals surface area contributed by atoms with Crippen molar-refractivity contribution in [1.29, 1.82) is 0 Å². The van der Waals surface area contributed by atoms with Crippen LogP contribution in [0.4, 0.5) is 5.69 Å². The highest BCUT2D eigenvalue weighted by Crippen LogP contribution is 2.32. The van der Waals surface area contributed by atoms with Gasteiger partial charge in [0, 0.05) is 42.9 Å². The Hall–Kier alpha value is -2.41. The van der Waals surface area contributed by atoms with Gasteiger partial charge in [0.15, 0.2) is 0 Å². The zero-order chi connectivity index (χ0) is 18.1. The third kappa shape index (κ3) is 3.19. The molecule has 2 saturated heterocycles. The molecule has 0 spiro atoms. The van der Waals surface area contributed by atoms with Crippen molar-refractivity contribution in [1.82, 2.24) is 15.1 Å². The standard InChI is InChI=1S/C19H24N4O3/c24-17-7-6-16(18(25)21-17)23-12-14-13(19(23)26)4-3-5-15(14)20-8-11-22-9-1-2-10-22/h3-5,16,20H,1-2,6-12H2,(H,21,24,25). The van der Waals surface area contributed by atoms with Crippen LogP contribution in [-0.2, 0) is 16.1 Å². The van der Waals surface area contributed by atoms with E-state index in [-0.39, 0.29) is 24.1 Å². The number of piperidine rings is 1. The lowest BCUT2D eigenvalue weighted by molar-refractivity contribution is -0.136. The zero-order valence-corrected chi connectivity index (χ0v) is 14.8. The molecule has 138 valence electrons. The maximum Gasteiger partial charge on any atom is 0.255 e. The van der Waals surface area contributed by atoms with E-state index in [0.29, 0.717) is 18.5 Å². The molecule has 0 aromatic heterocycles. The van der Waals surface area contributed by atoms with Crippen molar-refractivity contribution < 1.29 is 14.4 Å². The minimum absolute atomic E-state index is 0.127. The summed E-state index contributed by atoms with van der Waals surface area (Å²) in [5.41, 5.74) is 2.56. The molecule has 0 saturated carbocycles. The zero-order valence-electron chi connectivity index (χ0n) is 14.8. The summed E-state index contributed by atoms with van der Waals surface area (Å²) >= 11 is 0. The van der Waals surface area contributed by atoms with Crippen LogP contribution < -0.4 is 10.6 Å². The first-order valence-corrected chi connectivity index (χ1v) is 9.36. The minimum atomic E-state index is -0.565. The molecule has 0 radical (unpaired) electrons. The normalized spacial score (nSPS) is 23.3. The number of hydrogen-bond donors (Lipinski definition) is 2. The van der Waals surface area contributed by atoms with Crippen molar-refractivity contribution in [3.8, 4) is 0 Å². The summed E-state index contributed by atoms with van der Waals surface area (Å²) in [6, 6.07) is 5.12. The maximum absolute atomic E-state index is 12.8. The second-order valence-corrected chi connectivity index (χ2v) is 7.21. The van der Waals surface area contributed by atoms with Crippen LogP contribution >= 0.6 is 0 Å². The summed E-state index contributed by atoms with van der Waals surface area (Å²) in [5, 5.41) is 5.80. The average Bonchev–Trinajstić information content (AvgIpc) is 3.24. The van der Waals surface area contributed by atoms with E-state index < -0.39 is 6.04 Å². The van der Waals surface area contributed by atoms with E-state index in [1.54, 1.807) is 4.90 Å². The fourth-order valence-electron chi connectivity index (χ4n) is 4.11. The van der Waals surface area contributed by atoms with Crippen LogP contribution in [0.15, 0.2) is 18.2 Å². The summed E-state index contributed by atoms with van der Waals surface area (Å²) in [4.78, 5) is 40.3. The SMILES string of the molecule is O=C1CCC(N2Cc3c(NCCN4CCCC4)cccc3C2=O)C(=O)N1. The Balaban J connectivity index is 1.45. The summed E-state index contributed by atoms with van der Waals surface area (Å²) in [6.07, 6.45) is 3.21. The molecule has 0 aliphatic carbocycles. The van der Waals surface area contributed by atoms with Gasteiger partial charge in [-0.2, -0.15) is 0 Å². The highest BCUT2D eigenvalue weighted by Gasteiger charge is 2.39. The average molecular weight is 356 g/mol. The van der Waals surface area contributed by atoms with Crippen molar-refractivity contribution >= 4 is 23.4 Å². The Labute approximate surface area is 152 Å². The van der Waals surface area contributed by atoms with Gasteiger partial charge in [0.1, 0.15) is 6.04 Å². The van der Waals surface area contributed by atoms with Crippen LogP contribution in [0.1, 0.15) is 41.6 Å². The molecule has 26 heavy (non-hydrogen) atoms. The molecule has 0 bridgehead atoms. The van der Waals surface area contributed by atoms with Gasteiger partial charge in [0.25, 0.3) is 5.91 Å². The van der Waals surface area contributed by atoms with Crippen LogP contribution in [-0.4, -0.2) is 59.7 Å². The predicted molar refractivity (Wildman–Crippen MR) is 96.7 cm³/mol. The Kier molecular flexibility index (Phi) is 4.63. The smallest absolute Gasteiger partial charge is 0.255 e. The van der Waals surface area contributed by atoms with Gasteiger partial charge in [-0.15, -0.1) is 0 Å². The molecule has 3 aliphatic heterocycles. The molecular weight excluding hydrogens is 332 g/mol. The Morgan fingerprint density at radius 1 is 1.15 bits per heavy atom. The number of hydrogen-bond acceptors (Lipinski definition) is 5. The van der Waals surface area contributed by atoms with E-state index in [9.17, 15) is 14.4 Å². The second-order valence-electron chi connectivity index (χ2n) is 7.21. The summed E-state index contributed by atoms with van der Waals surface area (Å²) in [5.74, 6) is -0.761. The van der Waals surface area contributed by atoms with Crippen LogP contribution in [0.25, 0.3) is 0 Å². The number of fused-ring (bicyclic) bond motifs is 1. The van der Waals surface area contributed by atoms with Crippen LogP contribution in [0, 0.1) is 0 Å². The molecule has 4 rings (SSSR count). The van der Waals surface area contributed by atoms with Crippen molar-refractivity contribution in [3.63, 3.8) is 0 Å². The first-order valence-electron chi connectivity index (χ1n) is 9.36. The largest absolute Gasteiger partial charge is 0.383 e. The molecule has 1 atom stereocenters. The number of anilines is 1. The number of rotatable bonds is 5. The van der Waals surface area contributed by atoms with Gasteiger partial charge in [0.05, 0.1) is 0 Å². The lowest BCUT2D eigenvalue weighted by atomic mass is 10.0. The molecular formula is C19H24N4O3. The molecule has 7 heteroatoms. The fraction of sp³-hybridized carbons (Fsp3) is 0.526. The highest BCUT2D eigenvalue weighted by atomic mass is 16.2. The topological polar surface area (TPSA) is 81.8 Å². The fourth-order valence-corrected chi connectivity index (χ4v) is 4.11. The Morgan fingerprint density at radius 3 is 2.73 bits per heavy atom. The van der Waals surface area contributed by atoms with Gasteiger partial charge in [-0.05, 0) is 44.5 Å². The molecule has 1 aromatic rings. The molecule has 3 aliphatic rings. The van der Waals surface area contributed by atoms with Crippen molar-refractivity contribution in [3.05, 3.63) is 29.3 Å². The van der Waals surface area contributed by atoms with E-state index in [1.165, 1.54) is 12.8 Å². The van der Waals surface area contributed by atoms with Gasteiger partial charge in [0.2, 0.25) is 11.8 Å². The van der Waals surface area contributed by atoms with E-state index in [2.05, 4.69) is 15.5 Å². The molecule has 7 nitrogen and oxygen atoms in total. The summed E-state index contributed by atoms with van der Waals surface area (Å²) in [6.45, 7) is 4.57. The number of likely N-dealkylation sites (tertiary alicyclic amines) is 1.